The molecule has 3 nitrogen and oxygen atoms in total. The number of hydrogen-bond donors (Lipinski definition) is 0. The first-order valence-corrected chi connectivity index (χ1v) is 6.89. The van der Waals surface area contributed by atoms with Gasteiger partial charge in [0.2, 0.25) is 5.88 Å². The molecule has 0 fully saturated rings. The van der Waals surface area contributed by atoms with Gasteiger partial charge in [-0.25, -0.2) is 9.37 Å². The van der Waals surface area contributed by atoms with Gasteiger partial charge in [-0.2, -0.15) is 4.99 Å². The smallest absolute Gasteiger partial charge is 0.213 e. The zero-order valence-corrected chi connectivity index (χ0v) is 12.9. The van der Waals surface area contributed by atoms with Gasteiger partial charge in [0.1, 0.15) is 5.82 Å². The number of methoxy groups -OCH3 is 1. The SMILES string of the molecule is COc1cc(-c2cc(F)cc(C(C)C)c2N=C=S)ccn1. The van der Waals surface area contributed by atoms with E-state index in [1.807, 2.05) is 13.8 Å². The van der Waals surface area contributed by atoms with Gasteiger partial charge < -0.3 is 4.74 Å². The molecule has 0 unspecified atom stereocenters. The van der Waals surface area contributed by atoms with Gasteiger partial charge in [0.05, 0.1) is 18.0 Å². The lowest BCUT2D eigenvalue weighted by Crippen LogP contribution is -1.94. The molecule has 1 aromatic carbocycles. The molecule has 2 rings (SSSR count). The molecule has 0 amide bonds. The third-order valence-electron chi connectivity index (χ3n) is 3.14. The maximum Gasteiger partial charge on any atom is 0.213 e. The fourth-order valence-corrected chi connectivity index (χ4v) is 2.23. The normalized spacial score (nSPS) is 10.3. The summed E-state index contributed by atoms with van der Waals surface area (Å²) >= 11 is 4.72. The minimum absolute atomic E-state index is 0.116. The summed E-state index contributed by atoms with van der Waals surface area (Å²) in [6.07, 6.45) is 1.61. The van der Waals surface area contributed by atoms with E-state index >= 15 is 0 Å². The van der Waals surface area contributed by atoms with Gasteiger partial charge in [0, 0.05) is 17.8 Å². The van der Waals surface area contributed by atoms with Crippen LogP contribution in [0, 0.1) is 5.82 Å². The van der Waals surface area contributed by atoms with Crippen molar-refractivity contribution < 1.29 is 9.13 Å². The molecule has 0 radical (unpaired) electrons. The molecule has 0 bridgehead atoms. The standard InChI is InChI=1S/C16H15FN2OS/c1-10(2)13-7-12(17)8-14(16(13)19-9-21)11-4-5-18-15(6-11)20-3/h4-8,10H,1-3H3. The summed E-state index contributed by atoms with van der Waals surface area (Å²) in [5.41, 5.74) is 2.84. The van der Waals surface area contributed by atoms with Crippen LogP contribution in [-0.4, -0.2) is 17.3 Å². The fourth-order valence-electron chi connectivity index (χ4n) is 2.14. The number of halogens is 1. The van der Waals surface area contributed by atoms with E-state index in [-0.39, 0.29) is 11.7 Å². The molecule has 5 heteroatoms. The number of nitrogens with zero attached hydrogens (tertiary/aromatic N) is 2. The molecule has 108 valence electrons. The summed E-state index contributed by atoms with van der Waals surface area (Å²) in [4.78, 5) is 8.19. The molecule has 0 aliphatic carbocycles. The third kappa shape index (κ3) is 3.32. The second kappa shape index (κ2) is 6.57. The average Bonchev–Trinajstić information content (AvgIpc) is 2.48. The topological polar surface area (TPSA) is 34.5 Å². The zero-order chi connectivity index (χ0) is 15.4. The first-order valence-electron chi connectivity index (χ1n) is 6.48. The summed E-state index contributed by atoms with van der Waals surface area (Å²) in [5.74, 6) is 0.262. The van der Waals surface area contributed by atoms with E-state index in [0.717, 1.165) is 11.1 Å². The Morgan fingerprint density at radius 3 is 2.71 bits per heavy atom. The van der Waals surface area contributed by atoms with E-state index < -0.39 is 0 Å². The van der Waals surface area contributed by atoms with Crippen molar-refractivity contribution in [2.24, 2.45) is 4.99 Å². The van der Waals surface area contributed by atoms with Crippen molar-refractivity contribution in [2.75, 3.05) is 7.11 Å². The van der Waals surface area contributed by atoms with E-state index in [1.54, 1.807) is 18.3 Å². The van der Waals surface area contributed by atoms with Crippen LogP contribution >= 0.6 is 12.2 Å². The average molecular weight is 302 g/mol. The molecule has 1 aromatic heterocycles. The second-order valence-corrected chi connectivity index (χ2v) is 5.02. The molecule has 0 N–H and O–H groups in total. The van der Waals surface area contributed by atoms with Crippen LogP contribution in [0.2, 0.25) is 0 Å². The molecule has 0 aliphatic rings. The summed E-state index contributed by atoms with van der Waals surface area (Å²) in [6, 6.07) is 6.44. The highest BCUT2D eigenvalue weighted by Crippen LogP contribution is 2.38. The molecule has 0 aliphatic heterocycles. The van der Waals surface area contributed by atoms with Crippen LogP contribution in [0.4, 0.5) is 10.1 Å². The van der Waals surface area contributed by atoms with Crippen molar-refractivity contribution >= 4 is 23.1 Å². The van der Waals surface area contributed by atoms with E-state index in [2.05, 4.69) is 15.1 Å². The van der Waals surface area contributed by atoms with Crippen LogP contribution in [0.15, 0.2) is 35.5 Å². The van der Waals surface area contributed by atoms with E-state index in [1.165, 1.54) is 19.2 Å². The number of hydrogen-bond acceptors (Lipinski definition) is 4. The maximum atomic E-state index is 13.9. The van der Waals surface area contributed by atoms with Gasteiger partial charge in [-0.3, -0.25) is 0 Å². The van der Waals surface area contributed by atoms with Crippen molar-refractivity contribution in [2.45, 2.75) is 19.8 Å². The summed E-state index contributed by atoms with van der Waals surface area (Å²) in [7, 11) is 1.54. The first-order chi connectivity index (χ1) is 10.1. The molecule has 0 atom stereocenters. The molecule has 21 heavy (non-hydrogen) atoms. The number of isothiocyanates is 1. The highest BCUT2D eigenvalue weighted by atomic mass is 32.1. The summed E-state index contributed by atoms with van der Waals surface area (Å²) < 4.78 is 19.1. The minimum Gasteiger partial charge on any atom is -0.481 e. The predicted octanol–water partition coefficient (Wildman–Crippen LogP) is 4.75. The van der Waals surface area contributed by atoms with Crippen LogP contribution in [0.1, 0.15) is 25.3 Å². The number of rotatable bonds is 4. The van der Waals surface area contributed by atoms with Crippen LogP contribution in [0.3, 0.4) is 0 Å². The van der Waals surface area contributed by atoms with Gasteiger partial charge in [-0.05, 0) is 47.5 Å². The van der Waals surface area contributed by atoms with Crippen molar-refractivity contribution in [1.29, 1.82) is 0 Å². The Morgan fingerprint density at radius 1 is 1.33 bits per heavy atom. The summed E-state index contributed by atoms with van der Waals surface area (Å²) in [6.45, 7) is 3.96. The number of thiocarbonyl (C=S) groups is 1. The Labute approximate surface area is 128 Å². The number of aromatic nitrogens is 1. The van der Waals surface area contributed by atoms with E-state index in [4.69, 9.17) is 17.0 Å². The largest absolute Gasteiger partial charge is 0.481 e. The Balaban J connectivity index is 2.74. The monoisotopic (exact) mass is 302 g/mol. The number of aliphatic imine (C=N–C) groups is 1. The van der Waals surface area contributed by atoms with Crippen molar-refractivity contribution in [3.05, 3.63) is 41.8 Å². The van der Waals surface area contributed by atoms with Crippen molar-refractivity contribution in [3.8, 4) is 17.0 Å². The predicted molar refractivity (Wildman–Crippen MR) is 85.0 cm³/mol. The van der Waals surface area contributed by atoms with Gasteiger partial charge >= 0.3 is 0 Å². The fraction of sp³-hybridized carbons (Fsp3) is 0.250. The minimum atomic E-state index is -0.312. The van der Waals surface area contributed by atoms with Crippen LogP contribution in [-0.2, 0) is 0 Å². The van der Waals surface area contributed by atoms with Crippen LogP contribution < -0.4 is 4.74 Å². The second-order valence-electron chi connectivity index (χ2n) is 4.84. The van der Waals surface area contributed by atoms with Gasteiger partial charge in [0.25, 0.3) is 0 Å². The highest BCUT2D eigenvalue weighted by Gasteiger charge is 2.15. The molecular weight excluding hydrogens is 287 g/mol. The van der Waals surface area contributed by atoms with Crippen LogP contribution in [0.25, 0.3) is 11.1 Å². The number of benzene rings is 1. The maximum absolute atomic E-state index is 13.9. The van der Waals surface area contributed by atoms with Crippen molar-refractivity contribution in [1.82, 2.24) is 4.98 Å². The van der Waals surface area contributed by atoms with Gasteiger partial charge in [0.15, 0.2) is 0 Å². The third-order valence-corrected chi connectivity index (χ3v) is 3.23. The number of ether oxygens (including phenoxy) is 1. The molecule has 0 saturated heterocycles. The highest BCUT2D eigenvalue weighted by molar-refractivity contribution is 7.78. The number of pyridine rings is 1. The molecule has 2 aromatic rings. The lowest BCUT2D eigenvalue weighted by Gasteiger charge is -2.14. The van der Waals surface area contributed by atoms with Gasteiger partial charge in [-0.1, -0.05) is 13.8 Å². The lowest BCUT2D eigenvalue weighted by molar-refractivity contribution is 0.398. The van der Waals surface area contributed by atoms with Crippen molar-refractivity contribution in [3.63, 3.8) is 0 Å². The lowest BCUT2D eigenvalue weighted by atomic mass is 9.94. The van der Waals surface area contributed by atoms with E-state index in [9.17, 15) is 4.39 Å². The molecular formula is C16H15FN2OS. The molecule has 0 saturated carbocycles. The Morgan fingerprint density at radius 2 is 2.10 bits per heavy atom. The van der Waals surface area contributed by atoms with Crippen LogP contribution in [0.5, 0.6) is 5.88 Å². The zero-order valence-electron chi connectivity index (χ0n) is 12.1. The summed E-state index contributed by atoms with van der Waals surface area (Å²) in [5, 5.41) is 2.38. The molecule has 1 heterocycles. The first kappa shape index (κ1) is 15.3. The van der Waals surface area contributed by atoms with E-state index in [0.29, 0.717) is 17.1 Å². The van der Waals surface area contributed by atoms with Gasteiger partial charge in [-0.15, -0.1) is 0 Å². The quantitative estimate of drug-likeness (QED) is 0.603. The Bertz CT molecular complexity index is 709. The molecule has 0 spiro atoms. The Kier molecular flexibility index (Phi) is 4.78. The Hall–Kier alpha value is -2.10.